The number of hydrogen-bond acceptors (Lipinski definition) is 1. The number of benzene rings is 1. The first-order valence-corrected chi connectivity index (χ1v) is 6.80. The molecule has 2 heteroatoms. The molecule has 0 amide bonds. The molecule has 0 radical (unpaired) electrons. The van der Waals surface area contributed by atoms with E-state index in [2.05, 4.69) is 19.9 Å². The van der Waals surface area contributed by atoms with Gasteiger partial charge in [-0.3, -0.25) is 0 Å². The van der Waals surface area contributed by atoms with Crippen LogP contribution in [0.2, 0.25) is 5.02 Å². The Kier molecular flexibility index (Phi) is 3.51. The lowest BCUT2D eigenvalue weighted by Gasteiger charge is -2.41. The van der Waals surface area contributed by atoms with Gasteiger partial charge in [-0.2, -0.15) is 0 Å². The van der Waals surface area contributed by atoms with E-state index in [4.69, 9.17) is 17.3 Å². The number of halogens is 1. The maximum Gasteiger partial charge on any atom is 0.0438 e. The quantitative estimate of drug-likeness (QED) is 0.839. The van der Waals surface area contributed by atoms with Crippen molar-refractivity contribution in [2.24, 2.45) is 11.1 Å². The Morgan fingerprint density at radius 2 is 1.71 bits per heavy atom. The van der Waals surface area contributed by atoms with Crippen molar-refractivity contribution in [3.63, 3.8) is 0 Å². The van der Waals surface area contributed by atoms with E-state index in [0.717, 1.165) is 24.3 Å². The van der Waals surface area contributed by atoms with Gasteiger partial charge in [-0.15, -0.1) is 0 Å². The lowest BCUT2D eigenvalue weighted by molar-refractivity contribution is 0.164. The molecule has 0 aromatic heterocycles. The Morgan fingerprint density at radius 1 is 1.12 bits per heavy atom. The molecule has 0 bridgehead atoms. The summed E-state index contributed by atoms with van der Waals surface area (Å²) in [4.78, 5) is 0. The average molecular weight is 252 g/mol. The summed E-state index contributed by atoms with van der Waals surface area (Å²) in [6.45, 7) is 4.67. The molecule has 17 heavy (non-hydrogen) atoms. The molecule has 94 valence electrons. The van der Waals surface area contributed by atoms with Gasteiger partial charge >= 0.3 is 0 Å². The first-order chi connectivity index (χ1) is 7.90. The molecule has 0 unspecified atom stereocenters. The van der Waals surface area contributed by atoms with Gasteiger partial charge in [-0.1, -0.05) is 43.6 Å². The van der Waals surface area contributed by atoms with Crippen molar-refractivity contribution < 1.29 is 0 Å². The molecule has 1 aliphatic carbocycles. The predicted octanol–water partition coefficient (Wildman–Crippen LogP) is 4.18. The molecular weight excluding hydrogens is 230 g/mol. The van der Waals surface area contributed by atoms with E-state index in [0.29, 0.717) is 5.41 Å². The van der Waals surface area contributed by atoms with Crippen molar-refractivity contribution >= 4 is 11.6 Å². The van der Waals surface area contributed by atoms with E-state index in [9.17, 15) is 0 Å². The molecular formula is C15H22ClN. The van der Waals surface area contributed by atoms with E-state index >= 15 is 0 Å². The van der Waals surface area contributed by atoms with Crippen LogP contribution >= 0.6 is 11.6 Å². The van der Waals surface area contributed by atoms with Crippen LogP contribution in [0.25, 0.3) is 0 Å². The zero-order chi connectivity index (χ0) is 12.5. The molecule has 1 saturated carbocycles. The summed E-state index contributed by atoms with van der Waals surface area (Å²) in [6, 6.07) is 8.06. The maximum absolute atomic E-state index is 6.52. The lowest BCUT2D eigenvalue weighted by atomic mass is 9.68. The second kappa shape index (κ2) is 4.62. The van der Waals surface area contributed by atoms with Gasteiger partial charge in [0, 0.05) is 10.6 Å². The van der Waals surface area contributed by atoms with Crippen molar-refractivity contribution in [2.45, 2.75) is 51.5 Å². The standard InChI is InChI=1S/C15H22ClN/c1-14(2)7-9-15(17,10-8-14)11-12-5-3-4-6-13(12)16/h3-6H,7-11,17H2,1-2H3. The van der Waals surface area contributed by atoms with E-state index in [1.54, 1.807) is 0 Å². The van der Waals surface area contributed by atoms with E-state index in [1.165, 1.54) is 18.4 Å². The molecule has 1 aromatic rings. The summed E-state index contributed by atoms with van der Waals surface area (Å²) >= 11 is 6.21. The first-order valence-electron chi connectivity index (χ1n) is 6.43. The fraction of sp³-hybridized carbons (Fsp3) is 0.600. The molecule has 1 fully saturated rings. The number of rotatable bonds is 2. The van der Waals surface area contributed by atoms with Crippen molar-refractivity contribution in [1.29, 1.82) is 0 Å². The highest BCUT2D eigenvalue weighted by Crippen LogP contribution is 2.40. The molecule has 0 spiro atoms. The Balaban J connectivity index is 2.07. The molecule has 0 atom stereocenters. The van der Waals surface area contributed by atoms with Crippen LogP contribution in [0.5, 0.6) is 0 Å². The van der Waals surface area contributed by atoms with Crippen molar-refractivity contribution in [2.75, 3.05) is 0 Å². The summed E-state index contributed by atoms with van der Waals surface area (Å²) in [5, 5.41) is 0.849. The van der Waals surface area contributed by atoms with Crippen LogP contribution in [-0.2, 0) is 6.42 Å². The van der Waals surface area contributed by atoms with Crippen molar-refractivity contribution in [3.05, 3.63) is 34.9 Å². The molecule has 1 nitrogen and oxygen atoms in total. The van der Waals surface area contributed by atoms with Crippen LogP contribution in [0.1, 0.15) is 45.1 Å². The first kappa shape index (κ1) is 12.9. The normalized spacial score (nSPS) is 22.4. The topological polar surface area (TPSA) is 26.0 Å². The number of nitrogens with two attached hydrogens (primary N) is 1. The minimum absolute atomic E-state index is 0.0550. The summed E-state index contributed by atoms with van der Waals surface area (Å²) < 4.78 is 0. The highest BCUT2D eigenvalue weighted by atomic mass is 35.5. The smallest absolute Gasteiger partial charge is 0.0438 e. The van der Waals surface area contributed by atoms with Gasteiger partial charge < -0.3 is 5.73 Å². The molecule has 0 heterocycles. The zero-order valence-electron chi connectivity index (χ0n) is 10.8. The number of hydrogen-bond donors (Lipinski definition) is 1. The Hall–Kier alpha value is -0.530. The van der Waals surface area contributed by atoms with Crippen LogP contribution in [0.3, 0.4) is 0 Å². The fourth-order valence-electron chi connectivity index (χ4n) is 2.62. The Labute approximate surface area is 109 Å². The molecule has 0 saturated heterocycles. The largest absolute Gasteiger partial charge is 0.325 e. The molecule has 0 aliphatic heterocycles. The van der Waals surface area contributed by atoms with Crippen LogP contribution in [-0.4, -0.2) is 5.54 Å². The van der Waals surface area contributed by atoms with Crippen molar-refractivity contribution in [1.82, 2.24) is 0 Å². The van der Waals surface area contributed by atoms with Gasteiger partial charge in [0.15, 0.2) is 0 Å². The second-order valence-corrected chi connectivity index (χ2v) is 6.70. The van der Waals surface area contributed by atoms with Gasteiger partial charge in [-0.25, -0.2) is 0 Å². The molecule has 2 N–H and O–H groups in total. The van der Waals surface area contributed by atoms with E-state index in [1.807, 2.05) is 18.2 Å². The third kappa shape index (κ3) is 3.23. The van der Waals surface area contributed by atoms with Gasteiger partial charge in [-0.05, 0) is 49.1 Å². The maximum atomic E-state index is 6.52. The highest BCUT2D eigenvalue weighted by molar-refractivity contribution is 6.31. The van der Waals surface area contributed by atoms with E-state index < -0.39 is 0 Å². The Morgan fingerprint density at radius 3 is 2.29 bits per heavy atom. The summed E-state index contributed by atoms with van der Waals surface area (Å²) in [5.41, 5.74) is 8.12. The van der Waals surface area contributed by atoms with Crippen molar-refractivity contribution in [3.8, 4) is 0 Å². The predicted molar refractivity (Wildman–Crippen MR) is 74.3 cm³/mol. The Bertz CT molecular complexity index is 388. The minimum Gasteiger partial charge on any atom is -0.325 e. The summed E-state index contributed by atoms with van der Waals surface area (Å²) in [7, 11) is 0. The molecule has 1 aromatic carbocycles. The van der Waals surface area contributed by atoms with E-state index in [-0.39, 0.29) is 5.54 Å². The van der Waals surface area contributed by atoms with Gasteiger partial charge in [0.1, 0.15) is 0 Å². The van der Waals surface area contributed by atoms with Gasteiger partial charge in [0.2, 0.25) is 0 Å². The molecule has 1 aliphatic rings. The fourth-order valence-corrected chi connectivity index (χ4v) is 2.83. The van der Waals surface area contributed by atoms with Crippen LogP contribution in [0.15, 0.2) is 24.3 Å². The summed E-state index contributed by atoms with van der Waals surface area (Å²) in [6.07, 6.45) is 5.54. The lowest BCUT2D eigenvalue weighted by Crippen LogP contribution is -2.46. The van der Waals surface area contributed by atoms with Crippen LogP contribution in [0.4, 0.5) is 0 Å². The second-order valence-electron chi connectivity index (χ2n) is 6.29. The van der Waals surface area contributed by atoms with Crippen LogP contribution in [0, 0.1) is 5.41 Å². The third-order valence-corrected chi connectivity index (χ3v) is 4.47. The monoisotopic (exact) mass is 251 g/mol. The minimum atomic E-state index is -0.0550. The molecule has 2 rings (SSSR count). The van der Waals surface area contributed by atoms with Gasteiger partial charge in [0.25, 0.3) is 0 Å². The third-order valence-electron chi connectivity index (χ3n) is 4.10. The average Bonchev–Trinajstić information content (AvgIpc) is 2.27. The zero-order valence-corrected chi connectivity index (χ0v) is 11.6. The SMILES string of the molecule is CC1(C)CCC(N)(Cc2ccccc2Cl)CC1. The van der Waals surface area contributed by atoms with Crippen LogP contribution < -0.4 is 5.73 Å². The van der Waals surface area contributed by atoms with Gasteiger partial charge in [0.05, 0.1) is 0 Å². The summed E-state index contributed by atoms with van der Waals surface area (Å²) in [5.74, 6) is 0. The highest BCUT2D eigenvalue weighted by Gasteiger charge is 2.35.